The highest BCUT2D eigenvalue weighted by atomic mass is 32.2. The summed E-state index contributed by atoms with van der Waals surface area (Å²) < 4.78 is 26.2. The summed E-state index contributed by atoms with van der Waals surface area (Å²) in [5.41, 5.74) is 0. The van der Waals surface area contributed by atoms with E-state index in [0.717, 1.165) is 6.26 Å². The SMILES string of the molecule is CCOC(=O)CC(O)CNCCS(C)(=O)=O. The van der Waals surface area contributed by atoms with Gasteiger partial charge in [0.2, 0.25) is 0 Å². The molecule has 6 nitrogen and oxygen atoms in total. The van der Waals surface area contributed by atoms with Gasteiger partial charge in [-0.3, -0.25) is 4.79 Å². The van der Waals surface area contributed by atoms with Crippen molar-refractivity contribution in [3.8, 4) is 0 Å². The second-order valence-corrected chi connectivity index (χ2v) is 5.76. The van der Waals surface area contributed by atoms with Crippen LogP contribution in [0.3, 0.4) is 0 Å². The average molecular weight is 253 g/mol. The number of sulfone groups is 1. The Morgan fingerprint density at radius 2 is 2.12 bits per heavy atom. The number of carbonyl (C=O) groups excluding carboxylic acids is 1. The van der Waals surface area contributed by atoms with Crippen molar-refractivity contribution < 1.29 is 23.1 Å². The molecule has 7 heteroatoms. The fraction of sp³-hybridized carbons (Fsp3) is 0.889. The number of hydrogen-bond donors (Lipinski definition) is 2. The van der Waals surface area contributed by atoms with Crippen molar-refractivity contribution in [2.75, 3.05) is 31.7 Å². The molecule has 0 aromatic heterocycles. The van der Waals surface area contributed by atoms with Gasteiger partial charge in [-0.05, 0) is 6.92 Å². The fourth-order valence-corrected chi connectivity index (χ4v) is 1.53. The van der Waals surface area contributed by atoms with E-state index >= 15 is 0 Å². The smallest absolute Gasteiger partial charge is 0.308 e. The molecular weight excluding hydrogens is 234 g/mol. The molecule has 0 spiro atoms. The van der Waals surface area contributed by atoms with Crippen LogP contribution in [0.2, 0.25) is 0 Å². The van der Waals surface area contributed by atoms with Crippen LogP contribution in [-0.2, 0) is 19.4 Å². The van der Waals surface area contributed by atoms with Gasteiger partial charge in [0.25, 0.3) is 0 Å². The zero-order chi connectivity index (χ0) is 12.6. The molecule has 0 aliphatic heterocycles. The van der Waals surface area contributed by atoms with Gasteiger partial charge in [-0.25, -0.2) is 8.42 Å². The normalized spacial score (nSPS) is 13.4. The highest BCUT2D eigenvalue weighted by Crippen LogP contribution is 1.93. The summed E-state index contributed by atoms with van der Waals surface area (Å²) in [5, 5.41) is 12.1. The average Bonchev–Trinajstić information content (AvgIpc) is 2.11. The molecule has 0 aromatic rings. The lowest BCUT2D eigenvalue weighted by Gasteiger charge is -2.10. The number of aliphatic hydroxyl groups excluding tert-OH is 1. The van der Waals surface area contributed by atoms with E-state index in [0.29, 0.717) is 0 Å². The van der Waals surface area contributed by atoms with Gasteiger partial charge < -0.3 is 15.2 Å². The number of aliphatic hydroxyl groups is 1. The Bertz CT molecular complexity index is 301. The number of esters is 1. The molecule has 96 valence electrons. The van der Waals surface area contributed by atoms with Crippen LogP contribution >= 0.6 is 0 Å². The largest absolute Gasteiger partial charge is 0.466 e. The maximum Gasteiger partial charge on any atom is 0.308 e. The van der Waals surface area contributed by atoms with Gasteiger partial charge in [-0.2, -0.15) is 0 Å². The molecule has 0 aliphatic carbocycles. The van der Waals surface area contributed by atoms with E-state index in [2.05, 4.69) is 10.1 Å². The van der Waals surface area contributed by atoms with Gasteiger partial charge >= 0.3 is 5.97 Å². The van der Waals surface area contributed by atoms with E-state index in [4.69, 9.17) is 0 Å². The minimum Gasteiger partial charge on any atom is -0.466 e. The number of carbonyl (C=O) groups is 1. The van der Waals surface area contributed by atoms with E-state index in [1.165, 1.54) is 0 Å². The third-order valence-electron chi connectivity index (χ3n) is 1.74. The summed E-state index contributed by atoms with van der Waals surface area (Å²) in [5.74, 6) is -0.445. The molecule has 0 saturated heterocycles. The predicted octanol–water partition coefficient (Wildman–Crippen LogP) is -1.07. The first kappa shape index (κ1) is 15.3. The Hall–Kier alpha value is -0.660. The van der Waals surface area contributed by atoms with Crippen molar-refractivity contribution in [1.82, 2.24) is 5.32 Å². The second-order valence-electron chi connectivity index (χ2n) is 3.50. The molecule has 0 heterocycles. The predicted molar refractivity (Wildman–Crippen MR) is 59.8 cm³/mol. The standard InChI is InChI=1S/C9H19NO5S/c1-3-15-9(12)6-8(11)7-10-4-5-16(2,13)14/h8,10-11H,3-7H2,1-2H3. The summed E-state index contributed by atoms with van der Waals surface area (Å²) in [6.45, 7) is 2.41. The summed E-state index contributed by atoms with van der Waals surface area (Å²) in [4.78, 5) is 10.9. The third kappa shape index (κ3) is 9.88. The molecule has 0 saturated carbocycles. The van der Waals surface area contributed by atoms with Crippen LogP contribution in [0.1, 0.15) is 13.3 Å². The molecule has 0 radical (unpaired) electrons. The molecule has 0 amide bonds. The maximum atomic E-state index is 10.9. The lowest BCUT2D eigenvalue weighted by Crippen LogP contribution is -2.32. The zero-order valence-corrected chi connectivity index (χ0v) is 10.4. The monoisotopic (exact) mass is 253 g/mol. The van der Waals surface area contributed by atoms with Crippen molar-refractivity contribution in [2.45, 2.75) is 19.4 Å². The van der Waals surface area contributed by atoms with Crippen molar-refractivity contribution >= 4 is 15.8 Å². The fourth-order valence-electron chi connectivity index (χ4n) is 1.01. The van der Waals surface area contributed by atoms with Crippen molar-refractivity contribution in [3.05, 3.63) is 0 Å². The van der Waals surface area contributed by atoms with Crippen LogP contribution < -0.4 is 5.32 Å². The molecule has 1 unspecified atom stereocenters. The number of hydrogen-bond acceptors (Lipinski definition) is 6. The Labute approximate surface area is 95.9 Å². The minimum atomic E-state index is -2.99. The van der Waals surface area contributed by atoms with Crippen LogP contribution in [-0.4, -0.2) is 57.3 Å². The van der Waals surface area contributed by atoms with E-state index in [1.807, 2.05) is 0 Å². The zero-order valence-electron chi connectivity index (χ0n) is 9.60. The molecule has 0 rings (SSSR count). The third-order valence-corrected chi connectivity index (χ3v) is 2.68. The van der Waals surface area contributed by atoms with Gasteiger partial charge in [0.1, 0.15) is 9.84 Å². The molecule has 0 aliphatic rings. The molecule has 2 N–H and O–H groups in total. The van der Waals surface area contributed by atoms with E-state index in [-0.39, 0.29) is 31.9 Å². The Morgan fingerprint density at radius 3 is 2.62 bits per heavy atom. The molecule has 0 aromatic carbocycles. The minimum absolute atomic E-state index is 0.0130. The Balaban J connectivity index is 3.58. The van der Waals surface area contributed by atoms with Crippen molar-refractivity contribution in [2.24, 2.45) is 0 Å². The lowest BCUT2D eigenvalue weighted by molar-refractivity contribution is -0.145. The first-order valence-electron chi connectivity index (χ1n) is 5.07. The van der Waals surface area contributed by atoms with Gasteiger partial charge in [-0.1, -0.05) is 0 Å². The van der Waals surface area contributed by atoms with Crippen LogP contribution in [0.25, 0.3) is 0 Å². The quantitative estimate of drug-likeness (QED) is 0.423. The summed E-state index contributed by atoms with van der Waals surface area (Å²) in [7, 11) is -2.99. The van der Waals surface area contributed by atoms with E-state index in [1.54, 1.807) is 6.92 Å². The van der Waals surface area contributed by atoms with Gasteiger partial charge in [0.05, 0.1) is 24.9 Å². The number of ether oxygens (including phenoxy) is 1. The van der Waals surface area contributed by atoms with Gasteiger partial charge in [0, 0.05) is 19.3 Å². The summed E-state index contributed by atoms with van der Waals surface area (Å²) >= 11 is 0. The van der Waals surface area contributed by atoms with E-state index < -0.39 is 21.9 Å². The highest BCUT2D eigenvalue weighted by Gasteiger charge is 2.11. The topological polar surface area (TPSA) is 92.7 Å². The molecule has 16 heavy (non-hydrogen) atoms. The van der Waals surface area contributed by atoms with Crippen LogP contribution in [0.5, 0.6) is 0 Å². The number of nitrogens with one attached hydrogen (secondary N) is 1. The maximum absolute atomic E-state index is 10.9. The molecular formula is C9H19NO5S. The Morgan fingerprint density at radius 1 is 1.50 bits per heavy atom. The highest BCUT2D eigenvalue weighted by molar-refractivity contribution is 7.90. The first-order chi connectivity index (χ1) is 7.35. The van der Waals surface area contributed by atoms with Crippen LogP contribution in [0.15, 0.2) is 0 Å². The summed E-state index contributed by atoms with van der Waals surface area (Å²) in [6, 6.07) is 0. The second kappa shape index (κ2) is 7.59. The van der Waals surface area contributed by atoms with Crippen LogP contribution in [0, 0.1) is 0 Å². The first-order valence-corrected chi connectivity index (χ1v) is 7.13. The van der Waals surface area contributed by atoms with Gasteiger partial charge in [-0.15, -0.1) is 0 Å². The Kier molecular flexibility index (Phi) is 7.27. The van der Waals surface area contributed by atoms with Gasteiger partial charge in [0.15, 0.2) is 0 Å². The number of rotatable bonds is 8. The van der Waals surface area contributed by atoms with Crippen LogP contribution in [0.4, 0.5) is 0 Å². The molecule has 0 fully saturated rings. The lowest BCUT2D eigenvalue weighted by atomic mass is 10.2. The van der Waals surface area contributed by atoms with Crippen molar-refractivity contribution in [1.29, 1.82) is 0 Å². The summed E-state index contributed by atoms with van der Waals surface area (Å²) in [6.07, 6.45) is 0.210. The molecule has 0 bridgehead atoms. The van der Waals surface area contributed by atoms with E-state index in [9.17, 15) is 18.3 Å². The van der Waals surface area contributed by atoms with Crippen molar-refractivity contribution in [3.63, 3.8) is 0 Å². The molecule has 1 atom stereocenters.